The molecule has 0 unspecified atom stereocenters. The van der Waals surface area contributed by atoms with Gasteiger partial charge in [-0.2, -0.15) is 0 Å². The molecule has 1 saturated heterocycles. The van der Waals surface area contributed by atoms with Crippen LogP contribution in [0.4, 0.5) is 0 Å². The fraction of sp³-hybridized carbons (Fsp3) is 0.385. The third kappa shape index (κ3) is 4.15. The van der Waals surface area contributed by atoms with Gasteiger partial charge < -0.3 is 19.1 Å². The average molecular weight is 462 g/mol. The van der Waals surface area contributed by atoms with E-state index in [4.69, 9.17) is 24.2 Å². The van der Waals surface area contributed by atoms with E-state index in [-0.39, 0.29) is 12.9 Å². The number of pyridine rings is 1. The number of hydrogen-bond donors (Lipinski definition) is 0. The maximum Gasteiger partial charge on any atom is 0.231 e. The predicted octanol–water partition coefficient (Wildman–Crippen LogP) is 5.22. The van der Waals surface area contributed by atoms with E-state index in [1.165, 1.54) is 27.6 Å². The Morgan fingerprint density at radius 1 is 1.12 bits per heavy atom. The summed E-state index contributed by atoms with van der Waals surface area (Å²) >= 11 is 1.67. The zero-order chi connectivity index (χ0) is 22.4. The van der Waals surface area contributed by atoms with Crippen molar-refractivity contribution < 1.29 is 14.2 Å². The molecule has 3 aliphatic heterocycles. The van der Waals surface area contributed by atoms with Crippen LogP contribution in [0.1, 0.15) is 35.1 Å². The number of aliphatic imine (C=N–C) groups is 1. The van der Waals surface area contributed by atoms with Gasteiger partial charge in [-0.25, -0.2) is 4.98 Å². The van der Waals surface area contributed by atoms with Crippen molar-refractivity contribution in [1.29, 1.82) is 0 Å². The van der Waals surface area contributed by atoms with Crippen LogP contribution in [0.5, 0.6) is 11.5 Å². The van der Waals surface area contributed by atoms with Crippen LogP contribution in [0.25, 0.3) is 10.9 Å². The van der Waals surface area contributed by atoms with E-state index in [9.17, 15) is 0 Å². The van der Waals surface area contributed by atoms with Crippen LogP contribution in [0.3, 0.4) is 0 Å². The molecule has 2 aromatic carbocycles. The Morgan fingerprint density at radius 2 is 2.03 bits per heavy atom. The summed E-state index contributed by atoms with van der Waals surface area (Å²) in [5, 5.41) is 3.29. The summed E-state index contributed by atoms with van der Waals surface area (Å²) in [7, 11) is 0. The van der Waals surface area contributed by atoms with Gasteiger partial charge in [0.05, 0.1) is 18.2 Å². The molecular weight excluding hydrogens is 434 g/mol. The van der Waals surface area contributed by atoms with E-state index in [0.717, 1.165) is 59.7 Å². The van der Waals surface area contributed by atoms with Gasteiger partial charge >= 0.3 is 0 Å². The molecule has 7 heteroatoms. The highest BCUT2D eigenvalue weighted by Crippen LogP contribution is 2.37. The number of rotatable bonds is 4. The molecule has 0 radical (unpaired) electrons. The van der Waals surface area contributed by atoms with Gasteiger partial charge in [0.15, 0.2) is 16.7 Å². The lowest BCUT2D eigenvalue weighted by Gasteiger charge is -2.31. The van der Waals surface area contributed by atoms with E-state index in [2.05, 4.69) is 49.1 Å². The molecule has 170 valence electrons. The lowest BCUT2D eigenvalue weighted by atomic mass is 10.0. The standard InChI is InChI=1S/C26H27N3O3S/c1-16-8-17(2)21-11-19-14-29(13-18-5-6-23-24(10-18)32-15-31-23)26(27-12-20-4-3-7-30-20)33-25(19)28-22(21)9-16/h5-6,8-11,20H,3-4,7,12-15H2,1-2H3/t20-/m0/s1. The largest absolute Gasteiger partial charge is 0.454 e. The molecular formula is C26H27N3O3S. The van der Waals surface area contributed by atoms with Crippen molar-refractivity contribution in [2.24, 2.45) is 4.99 Å². The van der Waals surface area contributed by atoms with Crippen LogP contribution in [0, 0.1) is 13.8 Å². The second kappa shape index (κ2) is 8.54. The summed E-state index contributed by atoms with van der Waals surface area (Å²) in [5.74, 6) is 1.62. The summed E-state index contributed by atoms with van der Waals surface area (Å²) in [6, 6.07) is 12.9. The highest BCUT2D eigenvalue weighted by molar-refractivity contribution is 8.13. The molecule has 6 rings (SSSR count). The van der Waals surface area contributed by atoms with E-state index in [1.54, 1.807) is 11.8 Å². The van der Waals surface area contributed by atoms with Crippen LogP contribution < -0.4 is 9.47 Å². The number of aryl methyl sites for hydroxylation is 2. The minimum Gasteiger partial charge on any atom is -0.454 e. The highest BCUT2D eigenvalue weighted by atomic mass is 32.2. The summed E-state index contributed by atoms with van der Waals surface area (Å²) in [6.07, 6.45) is 2.43. The van der Waals surface area contributed by atoms with Crippen LogP contribution in [-0.4, -0.2) is 41.1 Å². The Bertz CT molecular complexity index is 1250. The van der Waals surface area contributed by atoms with Crippen molar-refractivity contribution in [2.75, 3.05) is 19.9 Å². The topological polar surface area (TPSA) is 56.2 Å². The van der Waals surface area contributed by atoms with Crippen LogP contribution in [0.2, 0.25) is 0 Å². The quantitative estimate of drug-likeness (QED) is 0.531. The first-order chi connectivity index (χ1) is 16.1. The third-order valence-electron chi connectivity index (χ3n) is 6.41. The van der Waals surface area contributed by atoms with Gasteiger partial charge in [0, 0.05) is 30.6 Å². The lowest BCUT2D eigenvalue weighted by molar-refractivity contribution is 0.117. The van der Waals surface area contributed by atoms with Crippen molar-refractivity contribution >= 4 is 27.8 Å². The van der Waals surface area contributed by atoms with Gasteiger partial charge in [0.1, 0.15) is 5.03 Å². The minimum atomic E-state index is 0.224. The Morgan fingerprint density at radius 3 is 2.91 bits per heavy atom. The second-order valence-electron chi connectivity index (χ2n) is 9.01. The van der Waals surface area contributed by atoms with Crippen LogP contribution in [-0.2, 0) is 17.8 Å². The number of ether oxygens (including phenoxy) is 3. The van der Waals surface area contributed by atoms with Crippen molar-refractivity contribution in [2.45, 2.75) is 50.9 Å². The first kappa shape index (κ1) is 20.8. The number of nitrogens with zero attached hydrogens (tertiary/aromatic N) is 3. The summed E-state index contributed by atoms with van der Waals surface area (Å²) in [5.41, 5.74) is 5.99. The van der Waals surface area contributed by atoms with Gasteiger partial charge in [-0.15, -0.1) is 0 Å². The molecule has 0 amide bonds. The molecule has 6 nitrogen and oxygen atoms in total. The monoisotopic (exact) mass is 461 g/mol. The summed E-state index contributed by atoms with van der Waals surface area (Å²) in [4.78, 5) is 12.4. The lowest BCUT2D eigenvalue weighted by Crippen LogP contribution is -2.32. The van der Waals surface area contributed by atoms with Gasteiger partial charge in [-0.05, 0) is 79.4 Å². The van der Waals surface area contributed by atoms with E-state index >= 15 is 0 Å². The first-order valence-corrected chi connectivity index (χ1v) is 12.3. The van der Waals surface area contributed by atoms with Gasteiger partial charge in [-0.3, -0.25) is 4.99 Å². The molecule has 1 aromatic heterocycles. The van der Waals surface area contributed by atoms with Crippen LogP contribution in [0.15, 0.2) is 46.4 Å². The Labute approximate surface area is 198 Å². The fourth-order valence-corrected chi connectivity index (χ4v) is 5.73. The molecule has 0 N–H and O–H groups in total. The van der Waals surface area contributed by atoms with Gasteiger partial charge in [-0.1, -0.05) is 12.1 Å². The molecule has 0 saturated carbocycles. The Hall–Kier alpha value is -2.77. The second-order valence-corrected chi connectivity index (χ2v) is 9.96. The Balaban J connectivity index is 1.34. The average Bonchev–Trinajstić information content (AvgIpc) is 3.48. The van der Waals surface area contributed by atoms with Crippen molar-refractivity contribution in [3.05, 3.63) is 58.7 Å². The van der Waals surface area contributed by atoms with Crippen molar-refractivity contribution in [1.82, 2.24) is 9.88 Å². The van der Waals surface area contributed by atoms with E-state index < -0.39 is 0 Å². The van der Waals surface area contributed by atoms with E-state index in [1.807, 2.05) is 6.07 Å². The van der Waals surface area contributed by atoms with E-state index in [0.29, 0.717) is 6.54 Å². The third-order valence-corrected chi connectivity index (χ3v) is 7.53. The smallest absolute Gasteiger partial charge is 0.231 e. The number of hydrogen-bond acceptors (Lipinski definition) is 6. The molecule has 0 bridgehead atoms. The maximum atomic E-state index is 5.82. The molecule has 33 heavy (non-hydrogen) atoms. The van der Waals surface area contributed by atoms with Crippen molar-refractivity contribution in [3.63, 3.8) is 0 Å². The molecule has 0 aliphatic carbocycles. The predicted molar refractivity (Wildman–Crippen MR) is 130 cm³/mol. The number of aromatic nitrogens is 1. The summed E-state index contributed by atoms with van der Waals surface area (Å²) in [6.45, 7) is 7.65. The number of fused-ring (bicyclic) bond motifs is 3. The molecule has 4 heterocycles. The summed E-state index contributed by atoms with van der Waals surface area (Å²) < 4.78 is 16.9. The van der Waals surface area contributed by atoms with Gasteiger partial charge in [0.2, 0.25) is 6.79 Å². The zero-order valence-corrected chi connectivity index (χ0v) is 19.8. The number of thioether (sulfide) groups is 1. The molecule has 3 aliphatic rings. The fourth-order valence-electron chi connectivity index (χ4n) is 4.76. The van der Waals surface area contributed by atoms with Crippen molar-refractivity contribution in [3.8, 4) is 11.5 Å². The van der Waals surface area contributed by atoms with Gasteiger partial charge in [0.25, 0.3) is 0 Å². The zero-order valence-electron chi connectivity index (χ0n) is 19.0. The molecule has 1 fully saturated rings. The Kier molecular flexibility index (Phi) is 5.38. The minimum absolute atomic E-state index is 0.224. The SMILES string of the molecule is Cc1cc(C)c2cc3c(nc2c1)SC(=NC[C@@H]1CCCO1)N(Cc1ccc2c(c1)OCO2)C3. The molecule has 3 aromatic rings. The first-order valence-electron chi connectivity index (χ1n) is 11.5. The number of amidine groups is 1. The van der Waals surface area contributed by atoms with Crippen LogP contribution >= 0.6 is 11.8 Å². The maximum absolute atomic E-state index is 5.82. The normalized spacial score (nSPS) is 20.6. The number of benzene rings is 2. The highest BCUT2D eigenvalue weighted by Gasteiger charge is 2.26. The molecule has 0 spiro atoms. The molecule has 1 atom stereocenters.